The number of rotatable bonds is 3. The third-order valence-corrected chi connectivity index (χ3v) is 2.47. The third-order valence-electron chi connectivity index (χ3n) is 2.47. The number of H-pyrrole nitrogens is 1. The summed E-state index contributed by atoms with van der Waals surface area (Å²) in [5, 5.41) is 6.45. The van der Waals surface area contributed by atoms with Gasteiger partial charge in [-0.2, -0.15) is 5.10 Å². The molecule has 0 atom stereocenters. The zero-order chi connectivity index (χ0) is 12.4. The lowest BCUT2D eigenvalue weighted by atomic mass is 10.2. The van der Waals surface area contributed by atoms with E-state index in [1.54, 1.807) is 24.9 Å². The van der Waals surface area contributed by atoms with Gasteiger partial charge < -0.3 is 9.32 Å². The molecule has 6 heteroatoms. The first-order valence-corrected chi connectivity index (χ1v) is 5.24. The molecule has 2 aromatic heterocycles. The molecule has 0 spiro atoms. The van der Waals surface area contributed by atoms with Crippen molar-refractivity contribution in [2.75, 3.05) is 7.05 Å². The van der Waals surface area contributed by atoms with Crippen LogP contribution in [0.3, 0.4) is 0 Å². The molecule has 1 amide bonds. The smallest absolute Gasteiger partial charge is 0.257 e. The first-order valence-electron chi connectivity index (χ1n) is 5.24. The third kappa shape index (κ3) is 2.35. The first kappa shape index (κ1) is 11.4. The van der Waals surface area contributed by atoms with Crippen molar-refractivity contribution in [2.45, 2.75) is 20.4 Å². The average molecular weight is 234 g/mol. The highest BCUT2D eigenvalue weighted by Crippen LogP contribution is 2.15. The number of carbonyl (C=O) groups excluding carboxylic acids is 1. The van der Waals surface area contributed by atoms with E-state index in [2.05, 4.69) is 15.2 Å². The summed E-state index contributed by atoms with van der Waals surface area (Å²) >= 11 is 0. The number of aryl methyl sites for hydroxylation is 2. The molecule has 0 bridgehead atoms. The molecule has 0 saturated carbocycles. The van der Waals surface area contributed by atoms with Crippen molar-refractivity contribution in [3.8, 4) is 0 Å². The van der Waals surface area contributed by atoms with Crippen molar-refractivity contribution in [1.82, 2.24) is 20.1 Å². The molecule has 0 aliphatic rings. The average Bonchev–Trinajstić information content (AvgIpc) is 2.87. The second-order valence-corrected chi connectivity index (χ2v) is 3.92. The number of nitrogens with zero attached hydrogens (tertiary/aromatic N) is 3. The van der Waals surface area contributed by atoms with Gasteiger partial charge in [0.05, 0.1) is 12.1 Å². The van der Waals surface area contributed by atoms with Crippen molar-refractivity contribution in [3.05, 3.63) is 35.3 Å². The van der Waals surface area contributed by atoms with Gasteiger partial charge >= 0.3 is 0 Å². The van der Waals surface area contributed by atoms with Crippen LogP contribution in [-0.2, 0) is 6.54 Å². The zero-order valence-electron chi connectivity index (χ0n) is 10.0. The Bertz CT molecular complexity index is 516. The van der Waals surface area contributed by atoms with Crippen molar-refractivity contribution in [1.29, 1.82) is 0 Å². The van der Waals surface area contributed by atoms with E-state index in [9.17, 15) is 4.79 Å². The Morgan fingerprint density at radius 1 is 1.53 bits per heavy atom. The standard InChI is InChI=1S/C11H14N4O2/c1-7-4-9(8(2)17-7)11(16)15(3)5-10-12-6-13-14-10/h4,6H,5H2,1-3H3,(H,12,13,14). The van der Waals surface area contributed by atoms with Crippen LogP contribution in [0.25, 0.3) is 0 Å². The van der Waals surface area contributed by atoms with Crippen LogP contribution in [0.5, 0.6) is 0 Å². The Morgan fingerprint density at radius 2 is 2.29 bits per heavy atom. The van der Waals surface area contributed by atoms with Gasteiger partial charge in [-0.25, -0.2) is 4.98 Å². The highest BCUT2D eigenvalue weighted by Gasteiger charge is 2.18. The molecule has 6 nitrogen and oxygen atoms in total. The van der Waals surface area contributed by atoms with E-state index in [1.807, 2.05) is 6.92 Å². The Kier molecular flexibility index (Phi) is 2.95. The van der Waals surface area contributed by atoms with Crippen LogP contribution in [-0.4, -0.2) is 33.0 Å². The Labute approximate surface area is 98.6 Å². The van der Waals surface area contributed by atoms with E-state index in [4.69, 9.17) is 4.42 Å². The second kappa shape index (κ2) is 4.40. The van der Waals surface area contributed by atoms with Crippen LogP contribution in [0.15, 0.2) is 16.8 Å². The molecular formula is C11H14N4O2. The van der Waals surface area contributed by atoms with E-state index in [-0.39, 0.29) is 5.91 Å². The van der Waals surface area contributed by atoms with Gasteiger partial charge in [0.2, 0.25) is 0 Å². The molecule has 2 heterocycles. The van der Waals surface area contributed by atoms with Crippen LogP contribution < -0.4 is 0 Å². The van der Waals surface area contributed by atoms with Gasteiger partial charge in [0.1, 0.15) is 23.7 Å². The van der Waals surface area contributed by atoms with Crippen LogP contribution in [0.1, 0.15) is 27.7 Å². The first-order chi connectivity index (χ1) is 8.08. The summed E-state index contributed by atoms with van der Waals surface area (Å²) in [6.45, 7) is 3.99. The topological polar surface area (TPSA) is 75.0 Å². The molecule has 0 aromatic carbocycles. The van der Waals surface area contributed by atoms with E-state index < -0.39 is 0 Å². The number of hydrogen-bond donors (Lipinski definition) is 1. The van der Waals surface area contributed by atoms with Crippen molar-refractivity contribution < 1.29 is 9.21 Å². The van der Waals surface area contributed by atoms with Crippen molar-refractivity contribution in [3.63, 3.8) is 0 Å². The molecule has 1 N–H and O–H groups in total. The van der Waals surface area contributed by atoms with Crippen LogP contribution in [0, 0.1) is 13.8 Å². The molecule has 90 valence electrons. The van der Waals surface area contributed by atoms with Gasteiger partial charge in [-0.1, -0.05) is 0 Å². The number of furan rings is 1. The Hall–Kier alpha value is -2.11. The van der Waals surface area contributed by atoms with Gasteiger partial charge in [-0.3, -0.25) is 9.89 Å². The number of nitrogens with one attached hydrogen (secondary N) is 1. The van der Waals surface area contributed by atoms with Gasteiger partial charge in [-0.15, -0.1) is 0 Å². The minimum atomic E-state index is -0.0873. The van der Waals surface area contributed by atoms with Gasteiger partial charge in [0, 0.05) is 7.05 Å². The number of hydrogen-bond acceptors (Lipinski definition) is 4. The molecule has 17 heavy (non-hydrogen) atoms. The highest BCUT2D eigenvalue weighted by molar-refractivity contribution is 5.95. The summed E-state index contributed by atoms with van der Waals surface area (Å²) < 4.78 is 5.34. The molecule has 2 rings (SSSR count). The van der Waals surface area contributed by atoms with E-state index in [0.717, 1.165) is 5.76 Å². The lowest BCUT2D eigenvalue weighted by Crippen LogP contribution is -2.26. The minimum absolute atomic E-state index is 0.0873. The lowest BCUT2D eigenvalue weighted by molar-refractivity contribution is 0.0780. The number of carbonyl (C=O) groups is 1. The fraction of sp³-hybridized carbons (Fsp3) is 0.364. The SMILES string of the molecule is Cc1cc(C(=O)N(C)Cc2ncn[nH]2)c(C)o1. The monoisotopic (exact) mass is 234 g/mol. The molecule has 0 saturated heterocycles. The van der Waals surface area contributed by atoms with Crippen molar-refractivity contribution in [2.24, 2.45) is 0 Å². The Morgan fingerprint density at radius 3 is 2.82 bits per heavy atom. The maximum absolute atomic E-state index is 12.1. The van der Waals surface area contributed by atoms with Crippen LogP contribution in [0.4, 0.5) is 0 Å². The maximum atomic E-state index is 12.1. The minimum Gasteiger partial charge on any atom is -0.466 e. The fourth-order valence-electron chi connectivity index (χ4n) is 1.65. The maximum Gasteiger partial charge on any atom is 0.257 e. The van der Waals surface area contributed by atoms with Crippen molar-refractivity contribution >= 4 is 5.91 Å². The quantitative estimate of drug-likeness (QED) is 0.868. The molecule has 0 fully saturated rings. The fourth-order valence-corrected chi connectivity index (χ4v) is 1.65. The summed E-state index contributed by atoms with van der Waals surface area (Å²) in [6, 6.07) is 1.74. The number of aromatic amines is 1. The van der Waals surface area contributed by atoms with E-state index in [0.29, 0.717) is 23.7 Å². The number of aromatic nitrogens is 3. The van der Waals surface area contributed by atoms with Crippen LogP contribution >= 0.6 is 0 Å². The summed E-state index contributed by atoms with van der Waals surface area (Å²) in [4.78, 5) is 17.7. The summed E-state index contributed by atoms with van der Waals surface area (Å²) in [5.74, 6) is 1.94. The molecular weight excluding hydrogens is 220 g/mol. The summed E-state index contributed by atoms with van der Waals surface area (Å²) in [7, 11) is 1.71. The summed E-state index contributed by atoms with van der Waals surface area (Å²) in [6.07, 6.45) is 1.42. The van der Waals surface area contributed by atoms with Gasteiger partial charge in [0.25, 0.3) is 5.91 Å². The molecule has 0 aliphatic carbocycles. The largest absolute Gasteiger partial charge is 0.466 e. The Balaban J connectivity index is 2.12. The molecule has 0 unspecified atom stereocenters. The zero-order valence-corrected chi connectivity index (χ0v) is 10.0. The van der Waals surface area contributed by atoms with E-state index in [1.165, 1.54) is 6.33 Å². The van der Waals surface area contributed by atoms with Crippen LogP contribution in [0.2, 0.25) is 0 Å². The summed E-state index contributed by atoms with van der Waals surface area (Å²) in [5.41, 5.74) is 0.588. The van der Waals surface area contributed by atoms with E-state index >= 15 is 0 Å². The normalized spacial score (nSPS) is 10.5. The predicted octanol–water partition coefficient (Wildman–Crippen LogP) is 1.29. The highest BCUT2D eigenvalue weighted by atomic mass is 16.3. The molecule has 0 radical (unpaired) electrons. The number of amides is 1. The predicted molar refractivity (Wildman–Crippen MR) is 60.4 cm³/mol. The molecule has 0 aliphatic heterocycles. The van der Waals surface area contributed by atoms with Gasteiger partial charge in [0.15, 0.2) is 0 Å². The molecule has 2 aromatic rings. The van der Waals surface area contributed by atoms with Gasteiger partial charge in [-0.05, 0) is 19.9 Å². The lowest BCUT2D eigenvalue weighted by Gasteiger charge is -2.14. The second-order valence-electron chi connectivity index (χ2n) is 3.92.